The van der Waals surface area contributed by atoms with Crippen LogP contribution in [0, 0.1) is 24.0 Å². The van der Waals surface area contributed by atoms with Crippen molar-refractivity contribution in [3.8, 4) is 0 Å². The number of nitrogens with zero attached hydrogens (tertiary/aromatic N) is 2. The van der Waals surface area contributed by atoms with Gasteiger partial charge in [0.15, 0.2) is 0 Å². The van der Waals surface area contributed by atoms with Crippen LogP contribution in [-0.4, -0.2) is 72.8 Å². The molecule has 3 amide bonds. The van der Waals surface area contributed by atoms with Gasteiger partial charge in [0, 0.05) is 31.7 Å². The van der Waals surface area contributed by atoms with Gasteiger partial charge in [-0.25, -0.2) is 13.6 Å². The van der Waals surface area contributed by atoms with Crippen LogP contribution in [-0.2, 0) is 14.3 Å². The fraction of sp³-hybridized carbons (Fsp3) is 0.429. The standard InChI is InChI=1S/C28H31F2N3O5/c1-18-8-9-20(29)23(24(18)30)26(36)32-13-10-28(11-14-32)12-15-33(17-28)22(34)16-21(27(37)38-2)31-25(35)19-6-4-3-5-7-19/h3-9,21H,10-17H2,1-2H3,(H,31,35)/t21-/m0/s1. The van der Waals surface area contributed by atoms with Crippen LogP contribution in [0.4, 0.5) is 8.78 Å². The predicted molar refractivity (Wildman–Crippen MR) is 134 cm³/mol. The monoisotopic (exact) mass is 527 g/mol. The number of rotatable bonds is 6. The molecule has 0 aliphatic carbocycles. The Bertz CT molecular complexity index is 1230. The minimum Gasteiger partial charge on any atom is -0.467 e. The first kappa shape index (κ1) is 27.2. The lowest BCUT2D eigenvalue weighted by molar-refractivity contribution is -0.146. The van der Waals surface area contributed by atoms with Crippen LogP contribution < -0.4 is 5.32 Å². The predicted octanol–water partition coefficient (Wildman–Crippen LogP) is 3.09. The van der Waals surface area contributed by atoms with Gasteiger partial charge in [0.2, 0.25) is 5.91 Å². The molecule has 2 aliphatic rings. The molecule has 38 heavy (non-hydrogen) atoms. The molecule has 0 bridgehead atoms. The summed E-state index contributed by atoms with van der Waals surface area (Å²) in [6.45, 7) is 3.06. The lowest BCUT2D eigenvalue weighted by Crippen LogP contribution is -2.47. The number of hydrogen-bond donors (Lipinski definition) is 1. The van der Waals surface area contributed by atoms with Gasteiger partial charge in [0.05, 0.1) is 13.5 Å². The molecule has 0 unspecified atom stereocenters. The first-order valence-electron chi connectivity index (χ1n) is 12.6. The highest BCUT2D eigenvalue weighted by atomic mass is 19.1. The molecule has 1 atom stereocenters. The SMILES string of the molecule is COC(=O)[C@H](CC(=O)N1CCC2(CCN(C(=O)c3c(F)ccc(C)c3F)CC2)C1)NC(=O)c1ccccc1. The number of carbonyl (C=O) groups is 4. The van der Waals surface area contributed by atoms with E-state index in [0.717, 1.165) is 6.07 Å². The molecule has 2 heterocycles. The maximum Gasteiger partial charge on any atom is 0.328 e. The summed E-state index contributed by atoms with van der Waals surface area (Å²) in [6.07, 6.45) is 1.65. The van der Waals surface area contributed by atoms with Crippen molar-refractivity contribution in [2.45, 2.75) is 38.6 Å². The Labute approximate surface area is 219 Å². The van der Waals surface area contributed by atoms with Crippen molar-refractivity contribution in [3.05, 3.63) is 70.8 Å². The topological polar surface area (TPSA) is 96.0 Å². The van der Waals surface area contributed by atoms with Crippen LogP contribution in [0.25, 0.3) is 0 Å². The summed E-state index contributed by atoms with van der Waals surface area (Å²) < 4.78 is 33.5. The van der Waals surface area contributed by atoms with Gasteiger partial charge in [-0.15, -0.1) is 0 Å². The average Bonchev–Trinajstić information content (AvgIpc) is 3.34. The third kappa shape index (κ3) is 5.69. The second-order valence-corrected chi connectivity index (χ2v) is 10.0. The Balaban J connectivity index is 1.35. The van der Waals surface area contributed by atoms with Gasteiger partial charge < -0.3 is 19.9 Å². The van der Waals surface area contributed by atoms with E-state index >= 15 is 0 Å². The number of hydrogen-bond acceptors (Lipinski definition) is 5. The average molecular weight is 528 g/mol. The van der Waals surface area contributed by atoms with Crippen LogP contribution in [0.3, 0.4) is 0 Å². The molecule has 2 aromatic rings. The maximum absolute atomic E-state index is 14.5. The summed E-state index contributed by atoms with van der Waals surface area (Å²) in [5, 5.41) is 2.59. The molecule has 0 saturated carbocycles. The molecule has 4 rings (SSSR count). The Morgan fingerprint density at radius 3 is 2.24 bits per heavy atom. The van der Waals surface area contributed by atoms with Crippen molar-refractivity contribution >= 4 is 23.7 Å². The van der Waals surface area contributed by atoms with Gasteiger partial charge >= 0.3 is 5.97 Å². The third-order valence-corrected chi connectivity index (χ3v) is 7.61. The Hall–Kier alpha value is -3.82. The van der Waals surface area contributed by atoms with E-state index in [4.69, 9.17) is 4.74 Å². The van der Waals surface area contributed by atoms with Crippen LogP contribution in [0.15, 0.2) is 42.5 Å². The molecule has 202 valence electrons. The van der Waals surface area contributed by atoms with E-state index in [-0.39, 0.29) is 23.3 Å². The fourth-order valence-electron chi connectivity index (χ4n) is 5.22. The minimum absolute atomic E-state index is 0.207. The molecule has 2 aromatic carbocycles. The zero-order valence-corrected chi connectivity index (χ0v) is 21.5. The Kier molecular flexibility index (Phi) is 8.08. The molecule has 0 aromatic heterocycles. The van der Waals surface area contributed by atoms with E-state index in [2.05, 4.69) is 5.32 Å². The van der Waals surface area contributed by atoms with Crippen LogP contribution in [0.1, 0.15) is 52.0 Å². The van der Waals surface area contributed by atoms with Crippen molar-refractivity contribution in [3.63, 3.8) is 0 Å². The second-order valence-electron chi connectivity index (χ2n) is 10.0. The molecule has 2 fully saturated rings. The number of ether oxygens (including phenoxy) is 1. The summed E-state index contributed by atoms with van der Waals surface area (Å²) in [5.41, 5.74) is -0.181. The molecule has 2 saturated heterocycles. The molecule has 2 aliphatic heterocycles. The van der Waals surface area contributed by atoms with Crippen molar-refractivity contribution in [1.82, 2.24) is 15.1 Å². The van der Waals surface area contributed by atoms with Crippen molar-refractivity contribution < 1.29 is 32.7 Å². The van der Waals surface area contributed by atoms with Gasteiger partial charge in [-0.05, 0) is 55.4 Å². The first-order chi connectivity index (χ1) is 18.1. The molecule has 10 heteroatoms. The van der Waals surface area contributed by atoms with Crippen molar-refractivity contribution in [1.29, 1.82) is 0 Å². The quantitative estimate of drug-likeness (QED) is 0.583. The van der Waals surface area contributed by atoms with E-state index in [1.54, 1.807) is 35.2 Å². The number of aryl methyl sites for hydroxylation is 1. The number of amides is 3. The fourth-order valence-corrected chi connectivity index (χ4v) is 5.22. The number of likely N-dealkylation sites (tertiary alicyclic amines) is 2. The lowest BCUT2D eigenvalue weighted by Gasteiger charge is -2.39. The Morgan fingerprint density at radius 2 is 1.61 bits per heavy atom. The number of nitrogens with one attached hydrogen (secondary N) is 1. The first-order valence-corrected chi connectivity index (χ1v) is 12.6. The van der Waals surface area contributed by atoms with Crippen LogP contribution in [0.2, 0.25) is 0 Å². The van der Waals surface area contributed by atoms with Gasteiger partial charge in [-0.1, -0.05) is 24.3 Å². The molecular weight excluding hydrogens is 496 g/mol. The van der Waals surface area contributed by atoms with Gasteiger partial charge in [0.25, 0.3) is 11.8 Å². The normalized spacial score (nSPS) is 17.3. The lowest BCUT2D eigenvalue weighted by atomic mass is 9.77. The highest BCUT2D eigenvalue weighted by Crippen LogP contribution is 2.41. The van der Waals surface area contributed by atoms with Gasteiger partial charge in [-0.3, -0.25) is 14.4 Å². The number of carbonyl (C=O) groups excluding carboxylic acids is 4. The highest BCUT2D eigenvalue weighted by Gasteiger charge is 2.43. The van der Waals surface area contributed by atoms with E-state index in [1.807, 2.05) is 0 Å². The summed E-state index contributed by atoms with van der Waals surface area (Å²) in [6, 6.07) is 9.64. The van der Waals surface area contributed by atoms with Crippen molar-refractivity contribution in [2.24, 2.45) is 5.41 Å². The Morgan fingerprint density at radius 1 is 0.974 bits per heavy atom. The maximum atomic E-state index is 14.5. The number of halogens is 2. The zero-order valence-electron chi connectivity index (χ0n) is 21.5. The second kappa shape index (κ2) is 11.3. The van der Waals surface area contributed by atoms with E-state index in [9.17, 15) is 28.0 Å². The molecular formula is C28H31F2N3O5. The van der Waals surface area contributed by atoms with E-state index < -0.39 is 41.0 Å². The summed E-state index contributed by atoms with van der Waals surface area (Å²) in [5.74, 6) is -3.86. The molecule has 0 radical (unpaired) electrons. The number of esters is 1. The number of benzene rings is 2. The minimum atomic E-state index is -1.13. The number of methoxy groups -OCH3 is 1. The van der Waals surface area contributed by atoms with E-state index in [1.165, 1.54) is 25.0 Å². The summed E-state index contributed by atoms with van der Waals surface area (Å²) in [7, 11) is 1.20. The molecule has 8 nitrogen and oxygen atoms in total. The van der Waals surface area contributed by atoms with Crippen LogP contribution in [0.5, 0.6) is 0 Å². The van der Waals surface area contributed by atoms with E-state index in [0.29, 0.717) is 51.0 Å². The zero-order chi connectivity index (χ0) is 27.4. The van der Waals surface area contributed by atoms with Gasteiger partial charge in [0.1, 0.15) is 23.2 Å². The highest BCUT2D eigenvalue weighted by molar-refractivity contribution is 5.98. The molecule has 1 N–H and O–H groups in total. The molecule has 1 spiro atoms. The number of piperidine rings is 1. The summed E-state index contributed by atoms with van der Waals surface area (Å²) in [4.78, 5) is 54.0. The van der Waals surface area contributed by atoms with Crippen LogP contribution >= 0.6 is 0 Å². The smallest absolute Gasteiger partial charge is 0.328 e. The third-order valence-electron chi connectivity index (χ3n) is 7.61. The van der Waals surface area contributed by atoms with Gasteiger partial charge in [-0.2, -0.15) is 0 Å². The van der Waals surface area contributed by atoms with Crippen molar-refractivity contribution in [2.75, 3.05) is 33.3 Å². The largest absolute Gasteiger partial charge is 0.467 e. The summed E-state index contributed by atoms with van der Waals surface area (Å²) >= 11 is 0.